The number of nitrogen functional groups attached to an aromatic ring is 1. The number of carbonyl (C=O) groups is 1. The quantitative estimate of drug-likeness (QED) is 0.794. The highest BCUT2D eigenvalue weighted by Crippen LogP contribution is 2.29. The summed E-state index contributed by atoms with van der Waals surface area (Å²) in [5, 5.41) is 9.54. The zero-order valence-corrected chi connectivity index (χ0v) is 12.3. The molecular formula is C13H18Cl2N2O2. The summed E-state index contributed by atoms with van der Waals surface area (Å²) in [5.74, 6) is -0.202. The van der Waals surface area contributed by atoms with E-state index in [0.29, 0.717) is 18.7 Å². The molecule has 0 aliphatic rings. The Kier molecular flexibility index (Phi) is 6.42. The number of nitrogens with zero attached hydrogens (tertiary/aromatic N) is 1. The largest absolute Gasteiger partial charge is 0.396 e. The molecule has 0 unspecified atom stereocenters. The second kappa shape index (κ2) is 7.58. The third-order valence-electron chi connectivity index (χ3n) is 2.76. The van der Waals surface area contributed by atoms with E-state index in [-0.39, 0.29) is 28.2 Å². The summed E-state index contributed by atoms with van der Waals surface area (Å²) < 4.78 is 0. The number of rotatable bonds is 6. The molecule has 19 heavy (non-hydrogen) atoms. The Labute approximate surface area is 123 Å². The van der Waals surface area contributed by atoms with Gasteiger partial charge in [-0.3, -0.25) is 4.79 Å². The molecule has 0 saturated heterocycles. The number of halogens is 2. The predicted molar refractivity (Wildman–Crippen MR) is 78.8 cm³/mol. The number of aliphatic hydroxyl groups is 1. The first-order valence-electron chi connectivity index (χ1n) is 6.15. The molecule has 4 nitrogen and oxygen atoms in total. The number of carbonyl (C=O) groups excluding carboxylic acids is 1. The van der Waals surface area contributed by atoms with Crippen molar-refractivity contribution in [1.29, 1.82) is 0 Å². The molecule has 0 spiro atoms. The van der Waals surface area contributed by atoms with E-state index in [1.807, 2.05) is 6.92 Å². The van der Waals surface area contributed by atoms with Crippen LogP contribution >= 0.6 is 23.2 Å². The maximum Gasteiger partial charge on any atom is 0.254 e. The Hall–Kier alpha value is -0.970. The van der Waals surface area contributed by atoms with E-state index in [9.17, 15) is 4.79 Å². The van der Waals surface area contributed by atoms with Crippen LogP contribution in [-0.4, -0.2) is 35.6 Å². The third kappa shape index (κ3) is 4.27. The minimum Gasteiger partial charge on any atom is -0.396 e. The SMILES string of the molecule is CCCCN(CCO)C(=O)c1cc(Cl)c(N)c(Cl)c1. The Morgan fingerprint density at radius 2 is 1.89 bits per heavy atom. The van der Waals surface area contributed by atoms with Crippen LogP contribution in [0.3, 0.4) is 0 Å². The zero-order chi connectivity index (χ0) is 14.4. The number of benzene rings is 1. The summed E-state index contributed by atoms with van der Waals surface area (Å²) in [4.78, 5) is 13.9. The van der Waals surface area contributed by atoms with Crippen molar-refractivity contribution in [3.05, 3.63) is 27.7 Å². The van der Waals surface area contributed by atoms with Crippen molar-refractivity contribution in [1.82, 2.24) is 4.90 Å². The summed E-state index contributed by atoms with van der Waals surface area (Å²) in [6, 6.07) is 3.00. The van der Waals surface area contributed by atoms with Crippen LogP contribution in [0.5, 0.6) is 0 Å². The van der Waals surface area contributed by atoms with Gasteiger partial charge in [0.1, 0.15) is 0 Å². The Morgan fingerprint density at radius 3 is 2.37 bits per heavy atom. The fraction of sp³-hybridized carbons (Fsp3) is 0.462. The van der Waals surface area contributed by atoms with Crippen LogP contribution in [0.1, 0.15) is 30.1 Å². The molecular weight excluding hydrogens is 287 g/mol. The van der Waals surface area contributed by atoms with Crippen molar-refractivity contribution in [3.63, 3.8) is 0 Å². The van der Waals surface area contributed by atoms with Crippen molar-refractivity contribution in [2.75, 3.05) is 25.4 Å². The summed E-state index contributed by atoms with van der Waals surface area (Å²) >= 11 is 11.8. The number of hydrogen-bond acceptors (Lipinski definition) is 3. The first kappa shape index (κ1) is 16.1. The third-order valence-corrected chi connectivity index (χ3v) is 3.39. The van der Waals surface area contributed by atoms with Crippen LogP contribution in [0.25, 0.3) is 0 Å². The standard InChI is InChI=1S/C13H18Cl2N2O2/c1-2-3-4-17(5-6-18)13(19)9-7-10(14)12(16)11(15)8-9/h7-8,18H,2-6,16H2,1H3. The van der Waals surface area contributed by atoms with Crippen LogP contribution < -0.4 is 5.73 Å². The highest BCUT2D eigenvalue weighted by Gasteiger charge is 2.17. The van der Waals surface area contributed by atoms with E-state index in [1.54, 1.807) is 4.90 Å². The molecule has 1 rings (SSSR count). The second-order valence-corrected chi connectivity index (χ2v) is 5.04. The highest BCUT2D eigenvalue weighted by molar-refractivity contribution is 6.39. The lowest BCUT2D eigenvalue weighted by atomic mass is 10.1. The zero-order valence-electron chi connectivity index (χ0n) is 10.8. The fourth-order valence-electron chi connectivity index (χ4n) is 1.67. The lowest BCUT2D eigenvalue weighted by Gasteiger charge is -2.22. The molecule has 0 aromatic heterocycles. The second-order valence-electron chi connectivity index (χ2n) is 4.22. The van der Waals surface area contributed by atoms with Gasteiger partial charge in [-0.05, 0) is 18.6 Å². The van der Waals surface area contributed by atoms with Crippen LogP contribution in [0.15, 0.2) is 12.1 Å². The maximum absolute atomic E-state index is 12.3. The van der Waals surface area contributed by atoms with Crippen molar-refractivity contribution < 1.29 is 9.90 Å². The van der Waals surface area contributed by atoms with Gasteiger partial charge < -0.3 is 15.7 Å². The van der Waals surface area contributed by atoms with Crippen molar-refractivity contribution in [3.8, 4) is 0 Å². The van der Waals surface area contributed by atoms with E-state index in [1.165, 1.54) is 12.1 Å². The molecule has 0 saturated carbocycles. The molecule has 0 bridgehead atoms. The average Bonchev–Trinajstić information content (AvgIpc) is 2.39. The van der Waals surface area contributed by atoms with Crippen molar-refractivity contribution >= 4 is 34.8 Å². The van der Waals surface area contributed by atoms with Gasteiger partial charge in [-0.2, -0.15) is 0 Å². The molecule has 1 aromatic rings. The predicted octanol–water partition coefficient (Wildman–Crippen LogP) is 2.81. The summed E-state index contributed by atoms with van der Waals surface area (Å²) in [5.41, 5.74) is 6.29. The van der Waals surface area contributed by atoms with E-state index in [4.69, 9.17) is 34.0 Å². The topological polar surface area (TPSA) is 66.6 Å². The lowest BCUT2D eigenvalue weighted by molar-refractivity contribution is 0.0719. The number of hydrogen-bond donors (Lipinski definition) is 2. The minimum atomic E-state index is -0.202. The summed E-state index contributed by atoms with van der Waals surface area (Å²) in [6.07, 6.45) is 1.85. The van der Waals surface area contributed by atoms with E-state index in [0.717, 1.165) is 12.8 Å². The molecule has 0 heterocycles. The smallest absolute Gasteiger partial charge is 0.254 e. The van der Waals surface area contributed by atoms with E-state index in [2.05, 4.69) is 0 Å². The molecule has 0 aliphatic heterocycles. The molecule has 106 valence electrons. The monoisotopic (exact) mass is 304 g/mol. The Balaban J connectivity index is 2.95. The number of anilines is 1. The Morgan fingerprint density at radius 1 is 1.32 bits per heavy atom. The normalized spacial score (nSPS) is 10.5. The fourth-order valence-corrected chi connectivity index (χ4v) is 2.16. The van der Waals surface area contributed by atoms with Crippen LogP contribution in [0, 0.1) is 0 Å². The first-order valence-corrected chi connectivity index (χ1v) is 6.91. The van der Waals surface area contributed by atoms with Gasteiger partial charge in [0, 0.05) is 18.7 Å². The van der Waals surface area contributed by atoms with Crippen LogP contribution in [-0.2, 0) is 0 Å². The first-order chi connectivity index (χ1) is 9.01. The molecule has 6 heteroatoms. The number of aliphatic hydroxyl groups excluding tert-OH is 1. The molecule has 3 N–H and O–H groups in total. The molecule has 0 fully saturated rings. The summed E-state index contributed by atoms with van der Waals surface area (Å²) in [6.45, 7) is 2.85. The van der Waals surface area contributed by atoms with Gasteiger partial charge in [-0.1, -0.05) is 36.5 Å². The number of nitrogens with two attached hydrogens (primary N) is 1. The van der Waals surface area contributed by atoms with Gasteiger partial charge in [0.2, 0.25) is 0 Å². The van der Waals surface area contributed by atoms with E-state index >= 15 is 0 Å². The number of amides is 1. The lowest BCUT2D eigenvalue weighted by Crippen LogP contribution is -2.34. The molecule has 0 radical (unpaired) electrons. The molecule has 0 atom stereocenters. The average molecular weight is 305 g/mol. The van der Waals surface area contributed by atoms with Gasteiger partial charge in [-0.25, -0.2) is 0 Å². The highest BCUT2D eigenvalue weighted by atomic mass is 35.5. The summed E-state index contributed by atoms with van der Waals surface area (Å²) in [7, 11) is 0. The molecule has 1 amide bonds. The molecule has 0 aliphatic carbocycles. The maximum atomic E-state index is 12.3. The minimum absolute atomic E-state index is 0.0775. The van der Waals surface area contributed by atoms with Crippen molar-refractivity contribution in [2.24, 2.45) is 0 Å². The van der Waals surface area contributed by atoms with E-state index < -0.39 is 0 Å². The Bertz CT molecular complexity index is 429. The van der Waals surface area contributed by atoms with Gasteiger partial charge in [0.15, 0.2) is 0 Å². The van der Waals surface area contributed by atoms with Crippen LogP contribution in [0.2, 0.25) is 10.0 Å². The molecule has 1 aromatic carbocycles. The van der Waals surface area contributed by atoms with Gasteiger partial charge in [-0.15, -0.1) is 0 Å². The van der Waals surface area contributed by atoms with Gasteiger partial charge >= 0.3 is 0 Å². The number of unbranched alkanes of at least 4 members (excludes halogenated alkanes) is 1. The van der Waals surface area contributed by atoms with Gasteiger partial charge in [0.05, 0.1) is 22.3 Å². The van der Waals surface area contributed by atoms with Gasteiger partial charge in [0.25, 0.3) is 5.91 Å². The van der Waals surface area contributed by atoms with Crippen molar-refractivity contribution in [2.45, 2.75) is 19.8 Å². The van der Waals surface area contributed by atoms with Crippen LogP contribution in [0.4, 0.5) is 5.69 Å².